The third-order valence-corrected chi connectivity index (χ3v) is 6.58. The summed E-state index contributed by atoms with van der Waals surface area (Å²) in [5.41, 5.74) is -1.96. The van der Waals surface area contributed by atoms with E-state index in [9.17, 15) is 19.5 Å². The predicted molar refractivity (Wildman–Crippen MR) is 129 cm³/mol. The molecule has 1 saturated heterocycles. The van der Waals surface area contributed by atoms with E-state index in [1.807, 2.05) is 26.0 Å². The average molecular weight is 473 g/mol. The summed E-state index contributed by atoms with van der Waals surface area (Å²) in [6.45, 7) is 18.3. The van der Waals surface area contributed by atoms with Crippen molar-refractivity contribution in [3.8, 4) is 0 Å². The van der Waals surface area contributed by atoms with Gasteiger partial charge in [-0.15, -0.1) is 6.58 Å². The maximum absolute atomic E-state index is 13.6. The number of allylic oxidation sites excluding steroid dienone is 1. The summed E-state index contributed by atoms with van der Waals surface area (Å²) in [5.74, 6) is -1.17. The molecule has 186 valence electrons. The second kappa shape index (κ2) is 8.03. The molecule has 3 atom stereocenters. The van der Waals surface area contributed by atoms with Gasteiger partial charge in [0.25, 0.3) is 0 Å². The number of nitrogens with zero attached hydrogens (tertiary/aromatic N) is 2. The Hall–Kier alpha value is -3.03. The zero-order valence-electron chi connectivity index (χ0n) is 21.3. The molecule has 2 aliphatic heterocycles. The Balaban J connectivity index is 2.33. The van der Waals surface area contributed by atoms with Crippen LogP contribution in [0.5, 0.6) is 0 Å². The number of carboxylic acids is 1. The number of fused-ring (bicyclic) bond motifs is 3. The van der Waals surface area contributed by atoms with Crippen molar-refractivity contribution in [3.05, 3.63) is 42.5 Å². The van der Waals surface area contributed by atoms with E-state index in [0.717, 1.165) is 5.56 Å². The molecule has 2 heterocycles. The number of hydrogen-bond donors (Lipinski definition) is 1. The van der Waals surface area contributed by atoms with Gasteiger partial charge < -0.3 is 14.6 Å². The molecule has 1 aromatic carbocycles. The standard InChI is InChI=1S/C26H36N2O6/c1-10-25(8,9)26-15-18(19(29)30)28(22(32)34-24(5,6)7)20(26)27(21(31)33-23(2,3)4)17-14-12-11-13-16(17)26/h10-14,18,20H,1,15H2,2-9H3,(H,29,30)/t18-,20-,26+/m0/s1. The molecular formula is C26H36N2O6. The van der Waals surface area contributed by atoms with Gasteiger partial charge in [-0.3, -0.25) is 9.80 Å². The van der Waals surface area contributed by atoms with Gasteiger partial charge in [-0.05, 0) is 65.0 Å². The van der Waals surface area contributed by atoms with Crippen molar-refractivity contribution >= 4 is 23.8 Å². The van der Waals surface area contributed by atoms with Gasteiger partial charge in [-0.1, -0.05) is 38.1 Å². The van der Waals surface area contributed by atoms with Crippen LogP contribution >= 0.6 is 0 Å². The van der Waals surface area contributed by atoms with Crippen molar-refractivity contribution in [2.45, 2.75) is 90.6 Å². The van der Waals surface area contributed by atoms with Crippen LogP contribution in [0.15, 0.2) is 36.9 Å². The van der Waals surface area contributed by atoms with Crippen LogP contribution in [0.3, 0.4) is 0 Å². The van der Waals surface area contributed by atoms with Crippen LogP contribution in [0.4, 0.5) is 15.3 Å². The highest BCUT2D eigenvalue weighted by Gasteiger charge is 2.70. The number of para-hydroxylation sites is 1. The molecule has 1 N–H and O–H groups in total. The summed E-state index contributed by atoms with van der Waals surface area (Å²) in [4.78, 5) is 42.2. The lowest BCUT2D eigenvalue weighted by molar-refractivity contribution is -0.142. The minimum Gasteiger partial charge on any atom is -0.480 e. The van der Waals surface area contributed by atoms with Crippen LogP contribution in [0.2, 0.25) is 0 Å². The molecule has 8 nitrogen and oxygen atoms in total. The topological polar surface area (TPSA) is 96.4 Å². The fraction of sp³-hybridized carbons (Fsp3) is 0.577. The zero-order chi connectivity index (χ0) is 25.9. The van der Waals surface area contributed by atoms with Gasteiger partial charge in [0.05, 0.1) is 5.69 Å². The lowest BCUT2D eigenvalue weighted by atomic mass is 9.60. The maximum Gasteiger partial charge on any atom is 0.416 e. The van der Waals surface area contributed by atoms with Gasteiger partial charge in [-0.25, -0.2) is 14.4 Å². The van der Waals surface area contributed by atoms with Crippen LogP contribution in [0.25, 0.3) is 0 Å². The molecule has 0 bridgehead atoms. The summed E-state index contributed by atoms with van der Waals surface area (Å²) >= 11 is 0. The van der Waals surface area contributed by atoms with Gasteiger partial charge in [-0.2, -0.15) is 0 Å². The molecule has 1 aromatic rings. The number of aliphatic carboxylic acids is 1. The average Bonchev–Trinajstić information content (AvgIpc) is 3.17. The number of carbonyl (C=O) groups excluding carboxylic acids is 2. The molecule has 34 heavy (non-hydrogen) atoms. The van der Waals surface area contributed by atoms with E-state index >= 15 is 0 Å². The van der Waals surface area contributed by atoms with Gasteiger partial charge in [0.15, 0.2) is 0 Å². The minimum atomic E-state index is -1.21. The Morgan fingerprint density at radius 1 is 1.00 bits per heavy atom. The second-order valence-electron chi connectivity index (χ2n) is 11.6. The molecule has 0 saturated carbocycles. The van der Waals surface area contributed by atoms with Gasteiger partial charge in [0, 0.05) is 5.41 Å². The molecule has 1 fully saturated rings. The van der Waals surface area contributed by atoms with E-state index in [2.05, 4.69) is 6.58 Å². The maximum atomic E-state index is 13.6. The molecule has 2 aliphatic rings. The van der Waals surface area contributed by atoms with Crippen molar-refractivity contribution in [2.75, 3.05) is 4.90 Å². The Labute approximate surface area is 201 Å². The number of hydrogen-bond acceptors (Lipinski definition) is 5. The van der Waals surface area contributed by atoms with Crippen molar-refractivity contribution in [1.82, 2.24) is 4.90 Å². The Morgan fingerprint density at radius 2 is 1.53 bits per heavy atom. The Morgan fingerprint density at radius 3 is 2.03 bits per heavy atom. The van der Waals surface area contributed by atoms with Gasteiger partial charge >= 0.3 is 18.2 Å². The quantitative estimate of drug-likeness (QED) is 0.599. The van der Waals surface area contributed by atoms with Crippen LogP contribution in [-0.2, 0) is 19.7 Å². The summed E-state index contributed by atoms with van der Waals surface area (Å²) in [6, 6.07) is 6.12. The smallest absolute Gasteiger partial charge is 0.416 e. The second-order valence-corrected chi connectivity index (χ2v) is 11.6. The molecule has 0 spiro atoms. The first-order valence-electron chi connectivity index (χ1n) is 11.5. The van der Waals surface area contributed by atoms with Crippen LogP contribution < -0.4 is 4.90 Å². The number of likely N-dealkylation sites (tertiary alicyclic amines) is 1. The first kappa shape index (κ1) is 25.6. The number of ether oxygens (including phenoxy) is 2. The summed E-state index contributed by atoms with van der Waals surface area (Å²) in [7, 11) is 0. The first-order valence-corrected chi connectivity index (χ1v) is 11.5. The predicted octanol–water partition coefficient (Wildman–Crippen LogP) is 5.31. The van der Waals surface area contributed by atoms with E-state index in [1.54, 1.807) is 59.8 Å². The monoisotopic (exact) mass is 472 g/mol. The lowest BCUT2D eigenvalue weighted by Crippen LogP contribution is -2.60. The lowest BCUT2D eigenvalue weighted by Gasteiger charge is -2.45. The molecule has 0 radical (unpaired) electrons. The number of carbonyl (C=O) groups is 3. The SMILES string of the molecule is C=CC(C)(C)[C@@]12C[C@@H](C(=O)O)N(C(=O)OC(C)(C)C)[C@@H]1N(C(=O)OC(C)(C)C)c1ccccc12. The van der Waals surface area contributed by atoms with Gasteiger partial charge in [0.1, 0.15) is 23.4 Å². The molecule has 0 unspecified atom stereocenters. The van der Waals surface area contributed by atoms with E-state index in [-0.39, 0.29) is 6.42 Å². The molecule has 8 heteroatoms. The molecule has 2 amide bonds. The Bertz CT molecular complexity index is 1020. The molecule has 3 rings (SSSR count). The minimum absolute atomic E-state index is 0.0849. The van der Waals surface area contributed by atoms with Crippen molar-refractivity contribution in [2.24, 2.45) is 5.41 Å². The van der Waals surface area contributed by atoms with Crippen molar-refractivity contribution in [3.63, 3.8) is 0 Å². The summed E-state index contributed by atoms with van der Waals surface area (Å²) < 4.78 is 11.4. The number of rotatable bonds is 3. The summed E-state index contributed by atoms with van der Waals surface area (Å²) in [5, 5.41) is 10.2. The van der Waals surface area contributed by atoms with E-state index in [0.29, 0.717) is 5.69 Å². The van der Waals surface area contributed by atoms with Gasteiger partial charge in [0.2, 0.25) is 0 Å². The first-order chi connectivity index (χ1) is 15.5. The summed E-state index contributed by atoms with van der Waals surface area (Å²) in [6.07, 6.45) is -0.600. The number of anilines is 1. The Kier molecular flexibility index (Phi) is 6.04. The van der Waals surface area contributed by atoms with Crippen molar-refractivity contribution in [1.29, 1.82) is 0 Å². The molecular weight excluding hydrogens is 436 g/mol. The van der Waals surface area contributed by atoms with Crippen LogP contribution in [0, 0.1) is 5.41 Å². The van der Waals surface area contributed by atoms with E-state index < -0.39 is 52.4 Å². The highest BCUT2D eigenvalue weighted by Crippen LogP contribution is 2.62. The fourth-order valence-corrected chi connectivity index (χ4v) is 5.09. The van der Waals surface area contributed by atoms with E-state index in [1.165, 1.54) is 9.80 Å². The zero-order valence-corrected chi connectivity index (χ0v) is 21.3. The highest BCUT2D eigenvalue weighted by molar-refractivity contribution is 5.95. The largest absolute Gasteiger partial charge is 0.480 e. The van der Waals surface area contributed by atoms with E-state index in [4.69, 9.17) is 9.47 Å². The highest BCUT2D eigenvalue weighted by atomic mass is 16.6. The van der Waals surface area contributed by atoms with Crippen LogP contribution in [-0.4, -0.2) is 51.6 Å². The number of carboxylic acid groups (broad SMARTS) is 1. The number of amides is 2. The normalized spacial score (nSPS) is 24.4. The molecule has 0 aliphatic carbocycles. The number of benzene rings is 1. The third-order valence-electron chi connectivity index (χ3n) is 6.58. The molecule has 0 aromatic heterocycles. The van der Waals surface area contributed by atoms with Crippen molar-refractivity contribution < 1.29 is 29.0 Å². The van der Waals surface area contributed by atoms with Crippen LogP contribution in [0.1, 0.15) is 67.4 Å². The third kappa shape index (κ3) is 4.03. The fourth-order valence-electron chi connectivity index (χ4n) is 5.09.